The maximum atomic E-state index is 12.9. The minimum absolute atomic E-state index is 0.0154. The van der Waals surface area contributed by atoms with Crippen molar-refractivity contribution in [2.24, 2.45) is 0 Å². The molecule has 1 N–H and O–H groups in total. The second-order valence-electron chi connectivity index (χ2n) is 8.56. The maximum Gasteiger partial charge on any atom is 0.416 e. The molecule has 1 saturated heterocycles. The second-order valence-corrected chi connectivity index (χ2v) is 11.1. The van der Waals surface area contributed by atoms with Gasteiger partial charge in [-0.05, 0) is 59.7 Å². The molecule has 3 aromatic rings. The Bertz CT molecular complexity index is 1420. The second kappa shape index (κ2) is 11.1. The summed E-state index contributed by atoms with van der Waals surface area (Å²) in [6, 6.07) is 17.9. The predicted octanol–water partition coefficient (Wildman–Crippen LogP) is 6.04. The van der Waals surface area contributed by atoms with Gasteiger partial charge in [0.15, 0.2) is 9.84 Å². The van der Waals surface area contributed by atoms with Crippen LogP contribution in [0.25, 0.3) is 0 Å². The fourth-order valence-electron chi connectivity index (χ4n) is 3.94. The molecule has 38 heavy (non-hydrogen) atoms. The first-order valence-electron chi connectivity index (χ1n) is 11.6. The molecule has 1 amide bonds. The Morgan fingerprint density at radius 3 is 2.24 bits per heavy atom. The molecule has 0 spiro atoms. The van der Waals surface area contributed by atoms with Gasteiger partial charge in [-0.15, -0.1) is 0 Å². The maximum absolute atomic E-state index is 12.9. The molecular weight excluding hydrogens is 541 g/mol. The Hall–Kier alpha value is -3.50. The van der Waals surface area contributed by atoms with Crippen LogP contribution in [-0.2, 0) is 27.3 Å². The third kappa shape index (κ3) is 6.14. The van der Waals surface area contributed by atoms with E-state index in [4.69, 9.17) is 16.3 Å². The molecule has 200 valence electrons. The van der Waals surface area contributed by atoms with E-state index in [0.717, 1.165) is 23.3 Å². The Morgan fingerprint density at radius 2 is 1.68 bits per heavy atom. The van der Waals surface area contributed by atoms with Gasteiger partial charge in [-0.1, -0.05) is 42.8 Å². The molecule has 0 radical (unpaired) electrons. The minimum Gasteiger partial charge on any atom is -0.468 e. The molecule has 1 aliphatic heterocycles. The highest BCUT2D eigenvalue weighted by atomic mass is 35.5. The van der Waals surface area contributed by atoms with Gasteiger partial charge in [0.2, 0.25) is 5.88 Å². The van der Waals surface area contributed by atoms with Crippen molar-refractivity contribution in [1.82, 2.24) is 5.32 Å². The molecule has 0 aliphatic carbocycles. The molecule has 1 aliphatic rings. The quantitative estimate of drug-likeness (QED) is 0.378. The van der Waals surface area contributed by atoms with Gasteiger partial charge in [0.25, 0.3) is 5.91 Å². The zero-order valence-corrected chi connectivity index (χ0v) is 21.8. The number of alkyl halides is 3. The summed E-state index contributed by atoms with van der Waals surface area (Å²) in [5.74, 6) is 0.0134. The summed E-state index contributed by atoms with van der Waals surface area (Å²) in [5.41, 5.74) is 2.93. The smallest absolute Gasteiger partial charge is 0.416 e. The number of rotatable bonds is 7. The normalized spacial score (nSPS) is 16.9. The first-order chi connectivity index (χ1) is 18.0. The molecule has 4 rings (SSSR count). The number of halogens is 4. The lowest BCUT2D eigenvalue weighted by Crippen LogP contribution is -2.23. The zero-order chi connectivity index (χ0) is 27.5. The van der Waals surface area contributed by atoms with Crippen molar-refractivity contribution in [3.8, 4) is 0 Å². The number of ether oxygens (including phenoxy) is 1. The van der Waals surface area contributed by atoms with Crippen LogP contribution < -0.4 is 10.2 Å². The molecule has 0 bridgehead atoms. The van der Waals surface area contributed by atoms with E-state index >= 15 is 0 Å². The van der Waals surface area contributed by atoms with Gasteiger partial charge in [-0.3, -0.25) is 4.79 Å². The fraction of sp³-hybridized carbons (Fsp3) is 0.222. The van der Waals surface area contributed by atoms with E-state index in [-0.39, 0.29) is 23.1 Å². The van der Waals surface area contributed by atoms with Gasteiger partial charge in [0, 0.05) is 17.8 Å². The van der Waals surface area contributed by atoms with Crippen LogP contribution in [0.5, 0.6) is 0 Å². The highest BCUT2D eigenvalue weighted by Crippen LogP contribution is 2.37. The van der Waals surface area contributed by atoms with E-state index in [9.17, 15) is 26.4 Å². The number of nitrogens with zero attached hydrogens (tertiary/aromatic N) is 1. The monoisotopic (exact) mass is 564 g/mol. The number of carbonyl (C=O) groups is 1. The molecular formula is C27H24ClF3N2O4S. The van der Waals surface area contributed by atoms with E-state index in [1.54, 1.807) is 48.2 Å². The first kappa shape index (κ1) is 27.5. The van der Waals surface area contributed by atoms with E-state index in [1.807, 2.05) is 0 Å². The van der Waals surface area contributed by atoms with Crippen molar-refractivity contribution < 1.29 is 31.1 Å². The molecule has 3 aromatic carbocycles. The third-order valence-corrected chi connectivity index (χ3v) is 8.07. The molecule has 0 saturated carbocycles. The summed E-state index contributed by atoms with van der Waals surface area (Å²) in [6.07, 6.45) is -4.87. The van der Waals surface area contributed by atoms with Crippen molar-refractivity contribution in [2.75, 3.05) is 17.2 Å². The highest BCUT2D eigenvalue weighted by Gasteiger charge is 2.33. The standard InChI is InChI=1S/C27H24ClF3N2O4S/c1-2-38(35,36)23-13-3-18(4-14-23)16-32-26(34)20-7-5-19(6-8-20)24-17-33(25(15-28)37-24)22-11-9-21(10-12-22)27(29,30)31/h3-15,24H,2,16-17H2,1H3,(H,32,34). The van der Waals surface area contributed by atoms with E-state index in [0.29, 0.717) is 23.7 Å². The number of hydrogen-bond donors (Lipinski definition) is 1. The van der Waals surface area contributed by atoms with Gasteiger partial charge in [0.1, 0.15) is 6.10 Å². The van der Waals surface area contributed by atoms with Gasteiger partial charge < -0.3 is 15.0 Å². The SMILES string of the molecule is CCS(=O)(=O)c1ccc(CNC(=O)c2ccc(C3CN(c4ccc(C(F)(F)F)cc4)C(=CCl)O3)cc2)cc1. The Labute approximate surface area is 223 Å². The average Bonchev–Trinajstić information content (AvgIpc) is 3.36. The molecule has 11 heteroatoms. The summed E-state index contributed by atoms with van der Waals surface area (Å²) >= 11 is 5.91. The van der Waals surface area contributed by atoms with Crippen LogP contribution >= 0.6 is 11.6 Å². The molecule has 1 unspecified atom stereocenters. The molecule has 1 atom stereocenters. The average molecular weight is 565 g/mol. The van der Waals surface area contributed by atoms with Crippen LogP contribution in [0, 0.1) is 0 Å². The van der Waals surface area contributed by atoms with Gasteiger partial charge >= 0.3 is 6.18 Å². The topological polar surface area (TPSA) is 75.7 Å². The fourth-order valence-corrected chi connectivity index (χ4v) is 4.99. The number of amides is 1. The van der Waals surface area contributed by atoms with Crippen molar-refractivity contribution in [2.45, 2.75) is 30.6 Å². The van der Waals surface area contributed by atoms with Crippen LogP contribution in [0.1, 0.15) is 40.1 Å². The number of sulfone groups is 1. The van der Waals surface area contributed by atoms with Gasteiger partial charge in [-0.2, -0.15) is 13.2 Å². The summed E-state index contributed by atoms with van der Waals surface area (Å²) < 4.78 is 68.4. The number of nitrogens with one attached hydrogen (secondary N) is 1. The Kier molecular flexibility index (Phi) is 8.03. The Balaban J connectivity index is 1.38. The lowest BCUT2D eigenvalue weighted by molar-refractivity contribution is -0.137. The van der Waals surface area contributed by atoms with E-state index in [2.05, 4.69) is 5.32 Å². The van der Waals surface area contributed by atoms with E-state index in [1.165, 1.54) is 29.8 Å². The molecule has 1 heterocycles. The van der Waals surface area contributed by atoms with Crippen LogP contribution in [0.3, 0.4) is 0 Å². The Morgan fingerprint density at radius 1 is 1.05 bits per heavy atom. The van der Waals surface area contributed by atoms with Crippen LogP contribution in [-0.4, -0.2) is 26.6 Å². The first-order valence-corrected chi connectivity index (χ1v) is 13.7. The minimum atomic E-state index is -4.43. The summed E-state index contributed by atoms with van der Waals surface area (Å²) in [4.78, 5) is 14.5. The predicted molar refractivity (Wildman–Crippen MR) is 138 cm³/mol. The van der Waals surface area contributed by atoms with Crippen molar-refractivity contribution in [1.29, 1.82) is 0 Å². The summed E-state index contributed by atoms with van der Waals surface area (Å²) in [5, 5.41) is 2.80. The molecule has 0 aromatic heterocycles. The van der Waals surface area contributed by atoms with Crippen LogP contribution in [0.15, 0.2) is 89.1 Å². The van der Waals surface area contributed by atoms with Gasteiger partial charge in [0.05, 0.1) is 28.3 Å². The lowest BCUT2D eigenvalue weighted by atomic mass is 10.1. The number of anilines is 1. The molecule has 6 nitrogen and oxygen atoms in total. The van der Waals surface area contributed by atoms with Crippen molar-refractivity contribution in [3.05, 3.63) is 106 Å². The van der Waals surface area contributed by atoms with Crippen molar-refractivity contribution >= 4 is 33.0 Å². The zero-order valence-electron chi connectivity index (χ0n) is 20.2. The van der Waals surface area contributed by atoms with E-state index < -0.39 is 27.7 Å². The summed E-state index contributed by atoms with van der Waals surface area (Å²) in [7, 11) is -3.28. The summed E-state index contributed by atoms with van der Waals surface area (Å²) in [6.45, 7) is 2.13. The highest BCUT2D eigenvalue weighted by molar-refractivity contribution is 7.91. The van der Waals surface area contributed by atoms with Crippen LogP contribution in [0.2, 0.25) is 0 Å². The molecule has 1 fully saturated rings. The van der Waals surface area contributed by atoms with Crippen molar-refractivity contribution in [3.63, 3.8) is 0 Å². The third-order valence-electron chi connectivity index (χ3n) is 6.14. The lowest BCUT2D eigenvalue weighted by Gasteiger charge is -2.17. The van der Waals surface area contributed by atoms with Gasteiger partial charge in [-0.25, -0.2) is 8.42 Å². The van der Waals surface area contributed by atoms with Crippen LogP contribution in [0.4, 0.5) is 18.9 Å². The number of carbonyl (C=O) groups excluding carboxylic acids is 1. The largest absolute Gasteiger partial charge is 0.468 e. The number of benzene rings is 3. The number of hydrogen-bond acceptors (Lipinski definition) is 5.